The summed E-state index contributed by atoms with van der Waals surface area (Å²) >= 11 is 3.22. The van der Waals surface area contributed by atoms with Gasteiger partial charge in [-0.25, -0.2) is 12.7 Å². The van der Waals surface area contributed by atoms with Gasteiger partial charge in [0.25, 0.3) is 0 Å². The molecule has 1 heterocycles. The van der Waals surface area contributed by atoms with E-state index in [1.165, 1.54) is 10.5 Å². The second-order valence-corrected chi connectivity index (χ2v) is 7.31. The third-order valence-corrected chi connectivity index (χ3v) is 4.67. The number of hydrogen-bond acceptors (Lipinski definition) is 3. The average molecular weight is 321 g/mol. The van der Waals surface area contributed by atoms with Crippen LogP contribution in [0.4, 0.5) is 0 Å². The summed E-state index contributed by atoms with van der Waals surface area (Å²) in [6.07, 6.45) is 3.77. The molecule has 0 saturated carbocycles. The smallest absolute Gasteiger partial charge is 0.244 e. The van der Waals surface area contributed by atoms with Crippen LogP contribution in [0.25, 0.3) is 0 Å². The van der Waals surface area contributed by atoms with Crippen molar-refractivity contribution in [1.29, 1.82) is 0 Å². The van der Waals surface area contributed by atoms with Crippen LogP contribution in [0.3, 0.4) is 0 Å². The van der Waals surface area contributed by atoms with Crippen molar-refractivity contribution >= 4 is 26.0 Å². The standard InChI is InChI=1S/C11H17BrN2O2S/c1-9(2)4-5-14(3)17(15,16)11-6-10(12)7-13-8-11/h6-9H,4-5H2,1-3H3. The number of halogens is 1. The number of sulfonamides is 1. The molecule has 0 unspecified atom stereocenters. The van der Waals surface area contributed by atoms with Gasteiger partial charge >= 0.3 is 0 Å². The summed E-state index contributed by atoms with van der Waals surface area (Å²) in [5, 5.41) is 0. The summed E-state index contributed by atoms with van der Waals surface area (Å²) in [7, 11) is -1.82. The molecule has 6 heteroatoms. The zero-order valence-corrected chi connectivity index (χ0v) is 12.6. The Bertz CT molecular complexity index is 474. The average Bonchev–Trinajstić information content (AvgIpc) is 2.25. The molecule has 0 spiro atoms. The van der Waals surface area contributed by atoms with Gasteiger partial charge in [-0.1, -0.05) is 13.8 Å². The van der Waals surface area contributed by atoms with E-state index in [1.807, 2.05) is 0 Å². The molecule has 1 aromatic rings. The number of pyridine rings is 1. The van der Waals surface area contributed by atoms with Gasteiger partial charge < -0.3 is 0 Å². The maximum absolute atomic E-state index is 12.2. The fraction of sp³-hybridized carbons (Fsp3) is 0.545. The third-order valence-electron chi connectivity index (χ3n) is 2.41. The SMILES string of the molecule is CC(C)CCN(C)S(=O)(=O)c1cncc(Br)c1. The minimum absolute atomic E-state index is 0.220. The van der Waals surface area contributed by atoms with Crippen LogP contribution < -0.4 is 0 Å². The number of hydrogen-bond donors (Lipinski definition) is 0. The first-order valence-electron chi connectivity index (χ1n) is 5.41. The Hall–Kier alpha value is -0.460. The summed E-state index contributed by atoms with van der Waals surface area (Å²) in [6, 6.07) is 1.56. The Kier molecular flexibility index (Phi) is 5.09. The van der Waals surface area contributed by atoms with E-state index in [0.29, 0.717) is 16.9 Å². The highest BCUT2D eigenvalue weighted by Gasteiger charge is 2.21. The molecular formula is C11H17BrN2O2S. The van der Waals surface area contributed by atoms with Gasteiger partial charge in [-0.2, -0.15) is 0 Å². The van der Waals surface area contributed by atoms with Crippen LogP contribution in [0.15, 0.2) is 27.8 Å². The molecule has 0 saturated heterocycles. The molecule has 0 atom stereocenters. The molecule has 0 amide bonds. The van der Waals surface area contributed by atoms with Gasteiger partial charge in [-0.15, -0.1) is 0 Å². The fourth-order valence-corrected chi connectivity index (χ4v) is 2.97. The van der Waals surface area contributed by atoms with Gasteiger partial charge in [0.05, 0.1) is 0 Å². The zero-order valence-electron chi connectivity index (χ0n) is 10.2. The highest BCUT2D eigenvalue weighted by Crippen LogP contribution is 2.18. The maximum atomic E-state index is 12.2. The number of rotatable bonds is 5. The van der Waals surface area contributed by atoms with Crippen LogP contribution in [-0.4, -0.2) is 31.3 Å². The van der Waals surface area contributed by atoms with Gasteiger partial charge in [0, 0.05) is 30.5 Å². The van der Waals surface area contributed by atoms with Crippen LogP contribution >= 0.6 is 15.9 Å². The van der Waals surface area contributed by atoms with Crippen LogP contribution in [0, 0.1) is 5.92 Å². The molecule has 1 aromatic heterocycles. The monoisotopic (exact) mass is 320 g/mol. The fourth-order valence-electron chi connectivity index (χ4n) is 1.27. The quantitative estimate of drug-likeness (QED) is 0.837. The molecule has 0 aliphatic rings. The lowest BCUT2D eigenvalue weighted by Gasteiger charge is -2.18. The van der Waals surface area contributed by atoms with E-state index in [0.717, 1.165) is 6.42 Å². The van der Waals surface area contributed by atoms with Crippen molar-refractivity contribution in [2.45, 2.75) is 25.2 Å². The second kappa shape index (κ2) is 5.93. The predicted molar refractivity (Wildman–Crippen MR) is 71.2 cm³/mol. The van der Waals surface area contributed by atoms with E-state index >= 15 is 0 Å². The Morgan fingerprint density at radius 3 is 2.59 bits per heavy atom. The molecule has 1 rings (SSSR count). The Labute approximate surface area is 111 Å². The van der Waals surface area contributed by atoms with Crippen molar-refractivity contribution in [3.05, 3.63) is 22.9 Å². The second-order valence-electron chi connectivity index (χ2n) is 4.35. The first-order valence-corrected chi connectivity index (χ1v) is 7.64. The summed E-state index contributed by atoms with van der Waals surface area (Å²) in [5.41, 5.74) is 0. The molecule has 0 aliphatic heterocycles. The summed E-state index contributed by atoms with van der Waals surface area (Å²) in [5.74, 6) is 0.480. The minimum Gasteiger partial charge on any atom is -0.262 e. The summed E-state index contributed by atoms with van der Waals surface area (Å²) in [4.78, 5) is 4.10. The van der Waals surface area contributed by atoms with Gasteiger partial charge in [-0.3, -0.25) is 4.98 Å². The van der Waals surface area contributed by atoms with Gasteiger partial charge in [0.1, 0.15) is 4.90 Å². The first-order chi connectivity index (χ1) is 7.84. The predicted octanol–water partition coefficient (Wildman–Crippen LogP) is 2.51. The molecular weight excluding hydrogens is 304 g/mol. The lowest BCUT2D eigenvalue weighted by molar-refractivity contribution is 0.428. The van der Waals surface area contributed by atoms with Gasteiger partial charge in [-0.05, 0) is 34.3 Å². The molecule has 4 nitrogen and oxygen atoms in total. The van der Waals surface area contributed by atoms with Gasteiger partial charge in [0.2, 0.25) is 10.0 Å². The largest absolute Gasteiger partial charge is 0.262 e. The van der Waals surface area contributed by atoms with Crippen LogP contribution in [0.1, 0.15) is 20.3 Å². The van der Waals surface area contributed by atoms with E-state index < -0.39 is 10.0 Å². The summed E-state index contributed by atoms with van der Waals surface area (Å²) in [6.45, 7) is 4.66. The Morgan fingerprint density at radius 2 is 2.06 bits per heavy atom. The molecule has 0 radical (unpaired) electrons. The third kappa shape index (κ3) is 4.04. The van der Waals surface area contributed by atoms with Crippen LogP contribution in [0.2, 0.25) is 0 Å². The van der Waals surface area contributed by atoms with Gasteiger partial charge in [0.15, 0.2) is 0 Å². The van der Waals surface area contributed by atoms with Crippen LogP contribution in [0.5, 0.6) is 0 Å². The summed E-state index contributed by atoms with van der Waals surface area (Å²) < 4.78 is 26.4. The van der Waals surface area contributed by atoms with Crippen molar-refractivity contribution in [3.63, 3.8) is 0 Å². The van der Waals surface area contributed by atoms with Crippen molar-refractivity contribution in [2.75, 3.05) is 13.6 Å². The molecule has 96 valence electrons. The lowest BCUT2D eigenvalue weighted by atomic mass is 10.1. The zero-order chi connectivity index (χ0) is 13.1. The molecule has 0 N–H and O–H groups in total. The molecule has 0 aliphatic carbocycles. The highest BCUT2D eigenvalue weighted by atomic mass is 79.9. The molecule has 0 bridgehead atoms. The Morgan fingerprint density at radius 1 is 1.41 bits per heavy atom. The minimum atomic E-state index is -3.42. The van der Waals surface area contributed by atoms with E-state index in [1.54, 1.807) is 19.3 Å². The van der Waals surface area contributed by atoms with E-state index in [4.69, 9.17) is 0 Å². The van der Waals surface area contributed by atoms with Crippen molar-refractivity contribution < 1.29 is 8.42 Å². The van der Waals surface area contributed by atoms with Crippen molar-refractivity contribution in [2.24, 2.45) is 5.92 Å². The van der Waals surface area contributed by atoms with E-state index in [2.05, 4.69) is 34.8 Å². The van der Waals surface area contributed by atoms with E-state index in [-0.39, 0.29) is 4.90 Å². The topological polar surface area (TPSA) is 50.3 Å². The first kappa shape index (κ1) is 14.6. The number of nitrogens with zero attached hydrogens (tertiary/aromatic N) is 2. The maximum Gasteiger partial charge on any atom is 0.244 e. The Balaban J connectivity index is 2.88. The van der Waals surface area contributed by atoms with Crippen molar-refractivity contribution in [1.82, 2.24) is 9.29 Å². The normalized spacial score (nSPS) is 12.4. The van der Waals surface area contributed by atoms with E-state index in [9.17, 15) is 8.42 Å². The van der Waals surface area contributed by atoms with Crippen LogP contribution in [-0.2, 0) is 10.0 Å². The molecule has 0 fully saturated rings. The van der Waals surface area contributed by atoms with Crippen molar-refractivity contribution in [3.8, 4) is 0 Å². The molecule has 0 aromatic carbocycles. The highest BCUT2D eigenvalue weighted by molar-refractivity contribution is 9.10. The lowest BCUT2D eigenvalue weighted by Crippen LogP contribution is -2.28. The molecule has 17 heavy (non-hydrogen) atoms. The number of aromatic nitrogens is 1.